The second kappa shape index (κ2) is 7.82. The van der Waals surface area contributed by atoms with Crippen molar-refractivity contribution in [1.82, 2.24) is 4.90 Å². The van der Waals surface area contributed by atoms with E-state index >= 15 is 0 Å². The Balaban J connectivity index is 1.50. The smallest absolute Gasteiger partial charge is 0.145 e. The first-order valence-corrected chi connectivity index (χ1v) is 8.32. The van der Waals surface area contributed by atoms with Gasteiger partial charge in [-0.1, -0.05) is 41.9 Å². The third-order valence-electron chi connectivity index (χ3n) is 4.05. The van der Waals surface area contributed by atoms with Crippen LogP contribution in [0.25, 0.3) is 10.8 Å². The fourth-order valence-corrected chi connectivity index (χ4v) is 3.02. The number of rotatable bonds is 6. The summed E-state index contributed by atoms with van der Waals surface area (Å²) in [6, 6.07) is 12.1. The Morgan fingerprint density at radius 3 is 2.73 bits per heavy atom. The van der Waals surface area contributed by atoms with Crippen LogP contribution in [0.4, 0.5) is 0 Å². The molecule has 3 nitrogen and oxygen atoms in total. The Kier molecular flexibility index (Phi) is 5.54. The molecule has 0 unspecified atom stereocenters. The molecular formula is C18H22ClNO2. The number of nitrogens with zero attached hydrogens (tertiary/aromatic N) is 1. The molecule has 0 spiro atoms. The second-order valence-electron chi connectivity index (χ2n) is 5.61. The number of fused-ring (bicyclic) bond motifs is 1. The first-order chi connectivity index (χ1) is 10.8. The number of hydrogen-bond donors (Lipinski definition) is 0. The highest BCUT2D eigenvalue weighted by molar-refractivity contribution is 6.33. The third kappa shape index (κ3) is 3.92. The van der Waals surface area contributed by atoms with E-state index in [2.05, 4.69) is 17.0 Å². The molecule has 2 aromatic rings. The molecule has 1 saturated heterocycles. The first kappa shape index (κ1) is 15.6. The predicted molar refractivity (Wildman–Crippen MR) is 90.9 cm³/mol. The van der Waals surface area contributed by atoms with Gasteiger partial charge in [-0.25, -0.2) is 0 Å². The van der Waals surface area contributed by atoms with E-state index in [1.807, 2.05) is 24.3 Å². The van der Waals surface area contributed by atoms with Crippen molar-refractivity contribution in [2.24, 2.45) is 0 Å². The summed E-state index contributed by atoms with van der Waals surface area (Å²) >= 11 is 6.29. The van der Waals surface area contributed by atoms with Gasteiger partial charge in [-0.15, -0.1) is 0 Å². The lowest BCUT2D eigenvalue weighted by Gasteiger charge is -2.26. The lowest BCUT2D eigenvalue weighted by atomic mass is 10.1. The summed E-state index contributed by atoms with van der Waals surface area (Å²) in [5.74, 6) is 0.811. The molecule has 118 valence electrons. The molecule has 0 bridgehead atoms. The molecule has 22 heavy (non-hydrogen) atoms. The minimum Gasteiger partial charge on any atom is -0.491 e. The van der Waals surface area contributed by atoms with Crippen molar-refractivity contribution in [3.63, 3.8) is 0 Å². The van der Waals surface area contributed by atoms with Crippen LogP contribution in [0, 0.1) is 0 Å². The van der Waals surface area contributed by atoms with Crippen LogP contribution in [0.2, 0.25) is 5.02 Å². The fourth-order valence-electron chi connectivity index (χ4n) is 2.80. The Hall–Kier alpha value is -1.29. The van der Waals surface area contributed by atoms with E-state index in [4.69, 9.17) is 21.1 Å². The van der Waals surface area contributed by atoms with Gasteiger partial charge in [0.1, 0.15) is 5.75 Å². The van der Waals surface area contributed by atoms with E-state index in [1.165, 1.54) is 0 Å². The van der Waals surface area contributed by atoms with E-state index in [-0.39, 0.29) is 0 Å². The van der Waals surface area contributed by atoms with E-state index < -0.39 is 0 Å². The molecule has 2 aromatic carbocycles. The zero-order valence-electron chi connectivity index (χ0n) is 12.8. The van der Waals surface area contributed by atoms with Gasteiger partial charge < -0.3 is 9.47 Å². The number of halogens is 1. The molecule has 0 N–H and O–H groups in total. The number of benzene rings is 2. The van der Waals surface area contributed by atoms with Crippen LogP contribution in [-0.4, -0.2) is 44.4 Å². The van der Waals surface area contributed by atoms with Crippen molar-refractivity contribution < 1.29 is 9.47 Å². The molecule has 0 aromatic heterocycles. The zero-order chi connectivity index (χ0) is 15.2. The summed E-state index contributed by atoms with van der Waals surface area (Å²) in [6.45, 7) is 5.66. The average Bonchev–Trinajstić information content (AvgIpc) is 2.57. The van der Waals surface area contributed by atoms with Crippen molar-refractivity contribution in [3.8, 4) is 5.75 Å². The van der Waals surface area contributed by atoms with Crippen LogP contribution in [0.1, 0.15) is 12.8 Å². The van der Waals surface area contributed by atoms with Gasteiger partial charge in [0.2, 0.25) is 0 Å². The molecular weight excluding hydrogens is 298 g/mol. The fraction of sp³-hybridized carbons (Fsp3) is 0.444. The number of unbranched alkanes of at least 4 members (excludes halogenated alkanes) is 1. The summed E-state index contributed by atoms with van der Waals surface area (Å²) in [5.41, 5.74) is 0. The second-order valence-corrected chi connectivity index (χ2v) is 6.01. The molecule has 1 aliphatic heterocycles. The molecule has 1 fully saturated rings. The minimum atomic E-state index is 0.687. The van der Waals surface area contributed by atoms with Gasteiger partial charge in [0.25, 0.3) is 0 Å². The summed E-state index contributed by atoms with van der Waals surface area (Å²) in [7, 11) is 0. The van der Waals surface area contributed by atoms with Crippen molar-refractivity contribution >= 4 is 22.4 Å². The Morgan fingerprint density at radius 1 is 1.05 bits per heavy atom. The van der Waals surface area contributed by atoms with Gasteiger partial charge in [-0.3, -0.25) is 4.90 Å². The number of hydrogen-bond acceptors (Lipinski definition) is 3. The minimum absolute atomic E-state index is 0.687. The molecule has 0 saturated carbocycles. The highest BCUT2D eigenvalue weighted by atomic mass is 35.5. The van der Waals surface area contributed by atoms with Gasteiger partial charge >= 0.3 is 0 Å². The maximum Gasteiger partial charge on any atom is 0.145 e. The van der Waals surface area contributed by atoms with Gasteiger partial charge in [0, 0.05) is 18.5 Å². The van der Waals surface area contributed by atoms with Crippen LogP contribution in [0.5, 0.6) is 5.75 Å². The number of morpholine rings is 1. The standard InChI is InChI=1S/C18H22ClNO2/c19-17-8-7-15-5-1-2-6-16(15)18(17)22-12-4-3-9-20-10-13-21-14-11-20/h1-2,5-8H,3-4,9-14H2. The van der Waals surface area contributed by atoms with E-state index in [1.54, 1.807) is 0 Å². The Morgan fingerprint density at radius 2 is 1.86 bits per heavy atom. The van der Waals surface area contributed by atoms with Crippen LogP contribution in [-0.2, 0) is 4.74 Å². The number of ether oxygens (including phenoxy) is 2. The normalized spacial score (nSPS) is 16.0. The molecule has 0 radical (unpaired) electrons. The zero-order valence-corrected chi connectivity index (χ0v) is 13.5. The summed E-state index contributed by atoms with van der Waals surface area (Å²) in [4.78, 5) is 2.45. The monoisotopic (exact) mass is 319 g/mol. The maximum absolute atomic E-state index is 6.29. The van der Waals surface area contributed by atoms with E-state index in [0.29, 0.717) is 11.6 Å². The molecule has 0 atom stereocenters. The van der Waals surface area contributed by atoms with Crippen molar-refractivity contribution in [3.05, 3.63) is 41.4 Å². The van der Waals surface area contributed by atoms with E-state index in [0.717, 1.165) is 62.2 Å². The van der Waals surface area contributed by atoms with Crippen molar-refractivity contribution in [2.45, 2.75) is 12.8 Å². The molecule has 1 aliphatic rings. The lowest BCUT2D eigenvalue weighted by Crippen LogP contribution is -2.36. The first-order valence-electron chi connectivity index (χ1n) is 7.95. The van der Waals surface area contributed by atoms with Gasteiger partial charge in [-0.05, 0) is 30.8 Å². The molecule has 0 amide bonds. The van der Waals surface area contributed by atoms with Crippen LogP contribution in [0.3, 0.4) is 0 Å². The summed E-state index contributed by atoms with van der Waals surface area (Å²) < 4.78 is 11.3. The topological polar surface area (TPSA) is 21.7 Å². The molecule has 4 heteroatoms. The highest BCUT2D eigenvalue weighted by Gasteiger charge is 2.10. The third-order valence-corrected chi connectivity index (χ3v) is 4.35. The van der Waals surface area contributed by atoms with Crippen LogP contribution >= 0.6 is 11.6 Å². The molecule has 0 aliphatic carbocycles. The molecule has 3 rings (SSSR count). The van der Waals surface area contributed by atoms with E-state index in [9.17, 15) is 0 Å². The van der Waals surface area contributed by atoms with Gasteiger partial charge in [0.15, 0.2) is 0 Å². The predicted octanol–water partition coefficient (Wildman–Crippen LogP) is 3.98. The van der Waals surface area contributed by atoms with Crippen LogP contribution in [0.15, 0.2) is 36.4 Å². The van der Waals surface area contributed by atoms with Crippen molar-refractivity contribution in [2.75, 3.05) is 39.5 Å². The highest BCUT2D eigenvalue weighted by Crippen LogP contribution is 2.33. The Labute approximate surface area is 136 Å². The Bertz CT molecular complexity index is 611. The van der Waals surface area contributed by atoms with Gasteiger partial charge in [-0.2, -0.15) is 0 Å². The lowest BCUT2D eigenvalue weighted by molar-refractivity contribution is 0.0368. The SMILES string of the molecule is Clc1ccc2ccccc2c1OCCCCN1CCOCC1. The van der Waals surface area contributed by atoms with Gasteiger partial charge in [0.05, 0.1) is 24.8 Å². The quantitative estimate of drug-likeness (QED) is 0.752. The maximum atomic E-state index is 6.29. The van der Waals surface area contributed by atoms with Crippen LogP contribution < -0.4 is 4.74 Å². The largest absolute Gasteiger partial charge is 0.491 e. The van der Waals surface area contributed by atoms with Crippen molar-refractivity contribution in [1.29, 1.82) is 0 Å². The molecule has 1 heterocycles. The average molecular weight is 320 g/mol. The summed E-state index contributed by atoms with van der Waals surface area (Å²) in [5, 5.41) is 2.94. The summed E-state index contributed by atoms with van der Waals surface area (Å²) in [6.07, 6.45) is 2.18.